The minimum Gasteiger partial charge on any atom is -0.461 e. The van der Waals surface area contributed by atoms with Gasteiger partial charge in [-0.25, -0.2) is 9.69 Å². The summed E-state index contributed by atoms with van der Waals surface area (Å²) in [5.41, 5.74) is 0.954. The molecule has 0 radical (unpaired) electrons. The van der Waals surface area contributed by atoms with Crippen LogP contribution in [0.3, 0.4) is 0 Å². The highest BCUT2D eigenvalue weighted by Gasteiger charge is 2.45. The van der Waals surface area contributed by atoms with E-state index >= 15 is 0 Å². The van der Waals surface area contributed by atoms with Crippen molar-refractivity contribution in [1.29, 1.82) is 0 Å². The molecule has 1 saturated heterocycles. The first kappa shape index (κ1) is 31.8. The number of carbonyl (C=O) groups is 3. The number of furan rings is 1. The van der Waals surface area contributed by atoms with Crippen LogP contribution in [0.4, 0.5) is 4.79 Å². The molecule has 3 rings (SSSR count). The number of imide groups is 1. The lowest BCUT2D eigenvalue weighted by Gasteiger charge is -2.28. The highest BCUT2D eigenvalue weighted by Crippen LogP contribution is 2.33. The van der Waals surface area contributed by atoms with Gasteiger partial charge in [0, 0.05) is 27.1 Å². The molecular formula is C30H40BrNO8. The van der Waals surface area contributed by atoms with Gasteiger partial charge in [-0.15, -0.1) is 0 Å². The maximum Gasteiger partial charge on any atom is 0.417 e. The zero-order valence-corrected chi connectivity index (χ0v) is 24.9. The van der Waals surface area contributed by atoms with E-state index in [4.69, 9.17) is 23.7 Å². The minimum atomic E-state index is -1.32. The molecule has 0 spiro atoms. The molecule has 220 valence electrons. The van der Waals surface area contributed by atoms with Crippen LogP contribution in [0.25, 0.3) is 0 Å². The summed E-state index contributed by atoms with van der Waals surface area (Å²) in [4.78, 5) is 39.4. The van der Waals surface area contributed by atoms with Crippen LogP contribution in [0.2, 0.25) is 0 Å². The van der Waals surface area contributed by atoms with Gasteiger partial charge in [0.1, 0.15) is 18.1 Å². The molecule has 40 heavy (non-hydrogen) atoms. The number of aliphatic hydroxyl groups is 1. The Morgan fingerprint density at radius 1 is 1.07 bits per heavy atom. The predicted molar refractivity (Wildman–Crippen MR) is 152 cm³/mol. The summed E-state index contributed by atoms with van der Waals surface area (Å²) in [5.74, 6) is -0.323. The Bertz CT molecular complexity index is 1090. The van der Waals surface area contributed by atoms with E-state index in [2.05, 4.69) is 15.9 Å². The van der Waals surface area contributed by atoms with E-state index in [0.29, 0.717) is 23.1 Å². The molecule has 1 fully saturated rings. The summed E-state index contributed by atoms with van der Waals surface area (Å²) in [7, 11) is 1.33. The van der Waals surface area contributed by atoms with Crippen LogP contribution >= 0.6 is 15.9 Å². The van der Waals surface area contributed by atoms with Crippen molar-refractivity contribution in [3.8, 4) is 0 Å². The van der Waals surface area contributed by atoms with Crippen molar-refractivity contribution in [2.45, 2.75) is 89.4 Å². The zero-order valence-electron chi connectivity index (χ0n) is 23.3. The summed E-state index contributed by atoms with van der Waals surface area (Å²) >= 11 is 3.54. The van der Waals surface area contributed by atoms with Gasteiger partial charge in [-0.2, -0.15) is 0 Å². The Hall–Kier alpha value is -2.69. The predicted octanol–water partition coefficient (Wildman–Crippen LogP) is 5.91. The highest BCUT2D eigenvalue weighted by atomic mass is 79.9. The van der Waals surface area contributed by atoms with Gasteiger partial charge in [0.2, 0.25) is 0 Å². The van der Waals surface area contributed by atoms with Gasteiger partial charge in [-0.05, 0) is 46.8 Å². The summed E-state index contributed by atoms with van der Waals surface area (Å²) in [6, 6.07) is 10.7. The Kier molecular flexibility index (Phi) is 13.2. The fourth-order valence-corrected chi connectivity index (χ4v) is 5.41. The average molecular weight is 623 g/mol. The summed E-state index contributed by atoms with van der Waals surface area (Å²) < 4.78 is 23.1. The van der Waals surface area contributed by atoms with Crippen LogP contribution in [-0.4, -0.2) is 60.4 Å². The number of esters is 1. The SMILES string of the molecule is CO[C@@H](C(=O)N1C(=O)OC[C@H]1Cc1ccccc1)[C@@H](OC(C)=O)c1cc(Br)c(CCCCCCCCCCO)o1. The fourth-order valence-electron chi connectivity index (χ4n) is 4.90. The second kappa shape index (κ2) is 16.5. The number of hydrogen-bond donors (Lipinski definition) is 1. The van der Waals surface area contributed by atoms with Crippen molar-refractivity contribution in [1.82, 2.24) is 4.90 Å². The number of cyclic esters (lactones) is 1. The molecule has 2 aromatic rings. The number of nitrogens with zero attached hydrogens (tertiary/aromatic N) is 1. The Morgan fingerprint density at radius 3 is 2.35 bits per heavy atom. The summed E-state index contributed by atoms with van der Waals surface area (Å²) in [5, 5.41) is 8.86. The molecule has 0 aliphatic carbocycles. The van der Waals surface area contributed by atoms with Crippen LogP contribution in [0.1, 0.15) is 81.5 Å². The largest absolute Gasteiger partial charge is 0.461 e. The smallest absolute Gasteiger partial charge is 0.417 e. The Balaban J connectivity index is 1.67. The fraction of sp³-hybridized carbons (Fsp3) is 0.567. The standard InChI is InChI=1S/C30H40BrNO8/c1-21(34)39-27(26-19-24(31)25(40-26)16-12-7-5-3-4-6-8-13-17-33)28(37-2)29(35)32-23(20-38-30(32)36)18-22-14-10-9-11-15-22/h9-11,14-15,19,23,27-28,33H,3-8,12-13,16-18,20H2,1-2H3/t23-,27+,28-/m1/s1. The summed E-state index contributed by atoms with van der Waals surface area (Å²) in [6.45, 7) is 1.57. The molecule has 1 aliphatic rings. The van der Waals surface area contributed by atoms with E-state index in [1.807, 2.05) is 30.3 Å². The molecule has 3 atom stereocenters. The van der Waals surface area contributed by atoms with Crippen molar-refractivity contribution in [3.63, 3.8) is 0 Å². The number of carbonyl (C=O) groups excluding carboxylic acids is 3. The molecule has 9 nitrogen and oxygen atoms in total. The number of benzene rings is 1. The maximum absolute atomic E-state index is 13.7. The van der Waals surface area contributed by atoms with E-state index < -0.39 is 36.2 Å². The van der Waals surface area contributed by atoms with Gasteiger partial charge in [0.25, 0.3) is 5.91 Å². The van der Waals surface area contributed by atoms with Crippen LogP contribution in [0, 0.1) is 0 Å². The topological polar surface area (TPSA) is 116 Å². The molecule has 2 heterocycles. The lowest BCUT2D eigenvalue weighted by Crippen LogP contribution is -2.48. The van der Waals surface area contributed by atoms with Gasteiger partial charge in [-0.1, -0.05) is 68.9 Å². The number of ether oxygens (including phenoxy) is 3. The number of rotatable bonds is 17. The van der Waals surface area contributed by atoms with E-state index in [9.17, 15) is 14.4 Å². The molecule has 0 bridgehead atoms. The first-order valence-corrected chi connectivity index (χ1v) is 14.8. The first-order valence-electron chi connectivity index (χ1n) is 14.0. The molecular weight excluding hydrogens is 582 g/mol. The van der Waals surface area contributed by atoms with Crippen molar-refractivity contribution in [3.05, 3.63) is 58.0 Å². The number of hydrogen-bond acceptors (Lipinski definition) is 8. The number of unbranched alkanes of at least 4 members (excludes halogenated alkanes) is 7. The second-order valence-electron chi connectivity index (χ2n) is 10.0. The molecule has 10 heteroatoms. The number of aliphatic hydroxyl groups excluding tert-OH is 1. The van der Waals surface area contributed by atoms with Crippen molar-refractivity contribution in [2.24, 2.45) is 0 Å². The van der Waals surface area contributed by atoms with Gasteiger partial charge in [-0.3, -0.25) is 9.59 Å². The number of amides is 2. The van der Waals surface area contributed by atoms with E-state index in [1.54, 1.807) is 6.07 Å². The number of methoxy groups -OCH3 is 1. The maximum atomic E-state index is 13.7. The monoisotopic (exact) mass is 621 g/mol. The van der Waals surface area contributed by atoms with E-state index in [0.717, 1.165) is 55.4 Å². The van der Waals surface area contributed by atoms with Crippen molar-refractivity contribution in [2.75, 3.05) is 20.3 Å². The van der Waals surface area contributed by atoms with Crippen molar-refractivity contribution >= 4 is 33.9 Å². The minimum absolute atomic E-state index is 0.0627. The van der Waals surface area contributed by atoms with Gasteiger partial charge in [0.15, 0.2) is 12.2 Å². The van der Waals surface area contributed by atoms with E-state index in [1.165, 1.54) is 20.5 Å². The second-order valence-corrected chi connectivity index (χ2v) is 10.9. The zero-order chi connectivity index (χ0) is 28.9. The molecule has 1 aromatic heterocycles. The number of aryl methyl sites for hydroxylation is 1. The first-order chi connectivity index (χ1) is 19.3. The van der Waals surface area contributed by atoms with Crippen LogP contribution in [0.15, 0.2) is 45.3 Å². The van der Waals surface area contributed by atoms with Crippen molar-refractivity contribution < 1.29 is 38.1 Å². The lowest BCUT2D eigenvalue weighted by atomic mass is 10.0. The quantitative estimate of drug-likeness (QED) is 0.171. The summed E-state index contributed by atoms with van der Waals surface area (Å²) in [6.07, 6.45) is 6.35. The van der Waals surface area contributed by atoms with Crippen LogP contribution < -0.4 is 0 Å². The third-order valence-corrected chi connectivity index (χ3v) is 7.62. The normalized spacial score (nSPS) is 16.6. The van der Waals surface area contributed by atoms with Gasteiger partial charge in [0.05, 0.1) is 10.5 Å². The van der Waals surface area contributed by atoms with Gasteiger partial charge >= 0.3 is 12.1 Å². The molecule has 2 amide bonds. The Morgan fingerprint density at radius 2 is 1.73 bits per heavy atom. The Labute approximate surface area is 244 Å². The molecule has 0 saturated carbocycles. The molecule has 1 N–H and O–H groups in total. The third-order valence-electron chi connectivity index (χ3n) is 6.95. The van der Waals surface area contributed by atoms with Crippen LogP contribution in [0.5, 0.6) is 0 Å². The van der Waals surface area contributed by atoms with Crippen LogP contribution in [-0.2, 0) is 36.6 Å². The molecule has 1 aliphatic heterocycles. The van der Waals surface area contributed by atoms with E-state index in [-0.39, 0.29) is 19.0 Å². The van der Waals surface area contributed by atoms with Gasteiger partial charge < -0.3 is 23.7 Å². The number of halogens is 1. The highest BCUT2D eigenvalue weighted by molar-refractivity contribution is 9.10. The molecule has 0 unspecified atom stereocenters. The lowest BCUT2D eigenvalue weighted by molar-refractivity contribution is -0.164. The third kappa shape index (κ3) is 9.17. The molecule has 1 aromatic carbocycles. The average Bonchev–Trinajstić information content (AvgIpc) is 3.49.